The Labute approximate surface area is 193 Å². The molecule has 0 fully saturated rings. The summed E-state index contributed by atoms with van der Waals surface area (Å²) in [5, 5.41) is 41.5. The number of hydrogen-bond donors (Lipinski definition) is 5. The van der Waals surface area contributed by atoms with Gasteiger partial charge in [0, 0.05) is 18.2 Å². The first-order chi connectivity index (χ1) is 15.7. The molecular weight excluding hydrogens is 424 g/mol. The van der Waals surface area contributed by atoms with Crippen LogP contribution in [0.25, 0.3) is 11.0 Å². The van der Waals surface area contributed by atoms with Gasteiger partial charge in [-0.3, -0.25) is 4.68 Å². The summed E-state index contributed by atoms with van der Waals surface area (Å²) in [7, 11) is 1.42. The van der Waals surface area contributed by atoms with E-state index in [1.54, 1.807) is 12.1 Å². The maximum atomic E-state index is 10.4. The minimum Gasteiger partial charge on any atom is -0.504 e. The Kier molecular flexibility index (Phi) is 7.47. The highest BCUT2D eigenvalue weighted by atomic mass is 16.5. The minimum absolute atomic E-state index is 0.0397. The average molecular weight is 459 g/mol. The number of nitrogens with zero attached hydrogens (tertiary/aromatic N) is 4. The third kappa shape index (κ3) is 4.90. The van der Waals surface area contributed by atoms with Crippen molar-refractivity contribution in [3.8, 4) is 17.2 Å². The second-order valence-corrected chi connectivity index (χ2v) is 8.58. The molecule has 5 N–H and O–H groups in total. The van der Waals surface area contributed by atoms with Crippen LogP contribution in [0.3, 0.4) is 0 Å². The van der Waals surface area contributed by atoms with E-state index in [1.165, 1.54) is 7.11 Å². The Morgan fingerprint density at radius 3 is 2.39 bits per heavy atom. The van der Waals surface area contributed by atoms with Crippen molar-refractivity contribution in [2.24, 2.45) is 0 Å². The highest BCUT2D eigenvalue weighted by molar-refractivity contribution is 5.89. The summed E-state index contributed by atoms with van der Waals surface area (Å²) in [6, 6.07) is 3.16. The van der Waals surface area contributed by atoms with Gasteiger partial charge in [0.25, 0.3) is 0 Å². The van der Waals surface area contributed by atoms with Crippen LogP contribution < -0.4 is 15.4 Å². The molecule has 0 bridgehead atoms. The molecule has 33 heavy (non-hydrogen) atoms. The number of ether oxygens (including phenoxy) is 1. The molecule has 0 saturated carbocycles. The fraction of sp³-hybridized carbons (Fsp3) is 0.522. The largest absolute Gasteiger partial charge is 0.504 e. The number of nitrogens with one attached hydrogen (secondary N) is 2. The summed E-state index contributed by atoms with van der Waals surface area (Å²) in [5.41, 5.74) is 2.83. The first-order valence-corrected chi connectivity index (χ1v) is 11.2. The zero-order valence-electron chi connectivity index (χ0n) is 20.0. The fourth-order valence-corrected chi connectivity index (χ4v) is 3.56. The Morgan fingerprint density at radius 1 is 1.09 bits per heavy atom. The maximum Gasteiger partial charge on any atom is 0.225 e. The molecule has 1 aromatic carbocycles. The van der Waals surface area contributed by atoms with Gasteiger partial charge in [-0.15, -0.1) is 0 Å². The molecule has 180 valence electrons. The van der Waals surface area contributed by atoms with E-state index in [0.29, 0.717) is 23.8 Å². The predicted molar refractivity (Wildman–Crippen MR) is 128 cm³/mol. The number of phenols is 2. The second-order valence-electron chi connectivity index (χ2n) is 8.58. The van der Waals surface area contributed by atoms with Gasteiger partial charge in [-0.2, -0.15) is 10.1 Å². The standard InChI is InChI=1S/C23H34N6O4/c1-7-15(11-30)25-23-26-18-17(12(2)3)28-29(13(4)5)19(18)22(27-23)24-10-14-8-9-16(33-6)21(32)20(14)31/h8-9,12-13,15,30-32H,7,10-11H2,1-6H3,(H2,24,25,26,27). The molecule has 0 aliphatic heterocycles. The van der Waals surface area contributed by atoms with Crippen molar-refractivity contribution in [1.82, 2.24) is 19.7 Å². The van der Waals surface area contributed by atoms with Gasteiger partial charge in [-0.1, -0.05) is 20.8 Å². The van der Waals surface area contributed by atoms with Gasteiger partial charge in [0.15, 0.2) is 17.3 Å². The minimum atomic E-state index is -0.310. The quantitative estimate of drug-likeness (QED) is 0.288. The topological polar surface area (TPSA) is 138 Å². The normalized spacial score (nSPS) is 12.5. The highest BCUT2D eigenvalue weighted by Crippen LogP contribution is 2.38. The molecule has 3 rings (SSSR count). The van der Waals surface area contributed by atoms with Crippen molar-refractivity contribution in [2.75, 3.05) is 24.4 Å². The lowest BCUT2D eigenvalue weighted by Crippen LogP contribution is -2.24. The lowest BCUT2D eigenvalue weighted by atomic mass is 10.1. The molecule has 0 amide bonds. The van der Waals surface area contributed by atoms with Crippen LogP contribution in [-0.4, -0.2) is 54.8 Å². The summed E-state index contributed by atoms with van der Waals surface area (Å²) in [6.45, 7) is 10.3. The highest BCUT2D eigenvalue weighted by Gasteiger charge is 2.23. The lowest BCUT2D eigenvalue weighted by Gasteiger charge is -2.17. The second kappa shape index (κ2) is 10.1. The Hall–Kier alpha value is -3.27. The van der Waals surface area contributed by atoms with E-state index in [-0.39, 0.29) is 48.4 Å². The summed E-state index contributed by atoms with van der Waals surface area (Å²) in [4.78, 5) is 9.42. The van der Waals surface area contributed by atoms with Crippen molar-refractivity contribution in [3.63, 3.8) is 0 Å². The molecule has 0 saturated heterocycles. The monoisotopic (exact) mass is 458 g/mol. The van der Waals surface area contributed by atoms with E-state index in [2.05, 4.69) is 29.5 Å². The van der Waals surface area contributed by atoms with Gasteiger partial charge < -0.3 is 30.7 Å². The number of phenolic OH excluding ortho intramolecular Hbond substituents is 2. The van der Waals surface area contributed by atoms with Crippen molar-refractivity contribution in [3.05, 3.63) is 23.4 Å². The number of anilines is 2. The molecular formula is C23H34N6O4. The van der Waals surface area contributed by atoms with E-state index in [0.717, 1.165) is 16.7 Å². The molecule has 2 heterocycles. The smallest absolute Gasteiger partial charge is 0.225 e. The van der Waals surface area contributed by atoms with E-state index >= 15 is 0 Å². The van der Waals surface area contributed by atoms with Crippen molar-refractivity contribution in [2.45, 2.75) is 65.6 Å². The Balaban J connectivity index is 2.10. The molecule has 1 unspecified atom stereocenters. The summed E-state index contributed by atoms with van der Waals surface area (Å²) in [5.74, 6) is 0.704. The molecule has 1 atom stereocenters. The zero-order chi connectivity index (χ0) is 24.3. The number of fused-ring (bicyclic) bond motifs is 1. The molecule has 0 aliphatic carbocycles. The first-order valence-electron chi connectivity index (χ1n) is 11.2. The SMILES string of the molecule is CCC(CO)Nc1nc(NCc2ccc(OC)c(O)c2O)c2c(n1)c(C(C)C)nn2C(C)C. The molecule has 0 spiro atoms. The van der Waals surface area contributed by atoms with Crippen LogP contribution >= 0.6 is 0 Å². The maximum absolute atomic E-state index is 10.4. The number of methoxy groups -OCH3 is 1. The summed E-state index contributed by atoms with van der Waals surface area (Å²) in [6.07, 6.45) is 0.710. The van der Waals surface area contributed by atoms with E-state index in [4.69, 9.17) is 14.8 Å². The molecule has 2 aromatic heterocycles. The molecule has 3 aromatic rings. The van der Waals surface area contributed by atoms with E-state index in [9.17, 15) is 15.3 Å². The van der Waals surface area contributed by atoms with E-state index in [1.807, 2.05) is 25.5 Å². The van der Waals surface area contributed by atoms with Crippen LogP contribution in [0, 0.1) is 0 Å². The summed E-state index contributed by atoms with van der Waals surface area (Å²) >= 11 is 0. The summed E-state index contributed by atoms with van der Waals surface area (Å²) < 4.78 is 6.95. The van der Waals surface area contributed by atoms with Gasteiger partial charge in [0.05, 0.1) is 25.5 Å². The van der Waals surface area contributed by atoms with Crippen LogP contribution in [0.2, 0.25) is 0 Å². The van der Waals surface area contributed by atoms with Crippen molar-refractivity contribution < 1.29 is 20.1 Å². The van der Waals surface area contributed by atoms with Crippen LogP contribution in [0.1, 0.15) is 64.3 Å². The van der Waals surface area contributed by atoms with Crippen LogP contribution in [0.15, 0.2) is 12.1 Å². The Bertz CT molecular complexity index is 1110. The number of benzene rings is 1. The molecule has 10 nitrogen and oxygen atoms in total. The van der Waals surface area contributed by atoms with Crippen molar-refractivity contribution in [1.29, 1.82) is 0 Å². The lowest BCUT2D eigenvalue weighted by molar-refractivity contribution is 0.271. The average Bonchev–Trinajstić information content (AvgIpc) is 3.18. The Morgan fingerprint density at radius 2 is 1.82 bits per heavy atom. The number of aliphatic hydroxyl groups excluding tert-OH is 1. The van der Waals surface area contributed by atoms with Gasteiger partial charge in [-0.25, -0.2) is 4.98 Å². The molecule has 10 heteroatoms. The van der Waals surface area contributed by atoms with Gasteiger partial charge in [0.1, 0.15) is 11.0 Å². The number of hydrogen-bond acceptors (Lipinski definition) is 9. The zero-order valence-corrected chi connectivity index (χ0v) is 20.0. The van der Waals surface area contributed by atoms with Crippen LogP contribution in [0.4, 0.5) is 11.8 Å². The van der Waals surface area contributed by atoms with Gasteiger partial charge in [0.2, 0.25) is 11.7 Å². The first kappa shape index (κ1) is 24.4. The van der Waals surface area contributed by atoms with Gasteiger partial charge >= 0.3 is 0 Å². The third-order valence-corrected chi connectivity index (χ3v) is 5.52. The molecule has 0 aliphatic rings. The number of aliphatic hydroxyl groups is 1. The number of aromatic hydroxyl groups is 2. The number of rotatable bonds is 10. The predicted octanol–water partition coefficient (Wildman–Crippen LogP) is 3.75. The fourth-order valence-electron chi connectivity index (χ4n) is 3.56. The number of aromatic nitrogens is 4. The van der Waals surface area contributed by atoms with E-state index < -0.39 is 0 Å². The van der Waals surface area contributed by atoms with Crippen LogP contribution in [0.5, 0.6) is 17.2 Å². The van der Waals surface area contributed by atoms with Crippen LogP contribution in [-0.2, 0) is 6.54 Å². The van der Waals surface area contributed by atoms with Crippen molar-refractivity contribution >= 4 is 22.8 Å². The van der Waals surface area contributed by atoms with Gasteiger partial charge in [-0.05, 0) is 38.3 Å². The third-order valence-electron chi connectivity index (χ3n) is 5.52. The molecule has 0 radical (unpaired) electrons.